The van der Waals surface area contributed by atoms with E-state index < -0.39 is 15.9 Å². The highest BCUT2D eigenvalue weighted by molar-refractivity contribution is 7.92. The first-order chi connectivity index (χ1) is 15.9. The van der Waals surface area contributed by atoms with Crippen molar-refractivity contribution in [3.05, 3.63) is 72.7 Å². The number of carbonyl (C=O) groups is 1. The first-order valence-electron chi connectivity index (χ1n) is 9.56. The van der Waals surface area contributed by atoms with Gasteiger partial charge >= 0.3 is 0 Å². The van der Waals surface area contributed by atoms with Gasteiger partial charge in [0.15, 0.2) is 5.82 Å². The lowest BCUT2D eigenvalue weighted by molar-refractivity contribution is 0.100. The van der Waals surface area contributed by atoms with Crippen LogP contribution in [0.25, 0.3) is 11.3 Å². The average Bonchev–Trinajstić information content (AvgIpc) is 3.24. The molecule has 0 unspecified atom stereocenters. The van der Waals surface area contributed by atoms with Crippen LogP contribution in [0.5, 0.6) is 5.75 Å². The molecule has 0 aliphatic carbocycles. The number of primary amides is 1. The molecule has 2 heterocycles. The van der Waals surface area contributed by atoms with Crippen LogP contribution in [0.2, 0.25) is 0 Å². The number of aromatic nitrogens is 4. The Balaban J connectivity index is 1.57. The zero-order valence-electron chi connectivity index (χ0n) is 17.3. The SMILES string of the molecule is COc1ccc(S(=O)(=O)Nc2ccc(-c3[nH]nc(Nc4cnccn4)c3C(N)=O)cc2)cc1. The fourth-order valence-corrected chi connectivity index (χ4v) is 4.10. The Kier molecular flexibility index (Phi) is 5.91. The summed E-state index contributed by atoms with van der Waals surface area (Å²) >= 11 is 0. The number of hydrogen-bond donors (Lipinski definition) is 4. The van der Waals surface area contributed by atoms with E-state index >= 15 is 0 Å². The summed E-state index contributed by atoms with van der Waals surface area (Å²) in [5, 5.41) is 9.80. The lowest BCUT2D eigenvalue weighted by atomic mass is 10.1. The van der Waals surface area contributed by atoms with Crippen LogP contribution >= 0.6 is 0 Å². The largest absolute Gasteiger partial charge is 0.497 e. The smallest absolute Gasteiger partial charge is 0.261 e. The molecule has 0 aliphatic heterocycles. The molecule has 1 amide bonds. The fourth-order valence-electron chi connectivity index (χ4n) is 3.04. The van der Waals surface area contributed by atoms with Gasteiger partial charge in [0.25, 0.3) is 15.9 Å². The lowest BCUT2D eigenvalue weighted by Crippen LogP contribution is -2.14. The second-order valence-electron chi connectivity index (χ2n) is 6.76. The molecular weight excluding hydrogens is 446 g/mol. The number of nitrogens with one attached hydrogen (secondary N) is 3. The minimum Gasteiger partial charge on any atom is -0.497 e. The lowest BCUT2D eigenvalue weighted by Gasteiger charge is -2.10. The maximum Gasteiger partial charge on any atom is 0.261 e. The molecule has 0 saturated heterocycles. The van der Waals surface area contributed by atoms with Crippen molar-refractivity contribution in [2.75, 3.05) is 17.1 Å². The van der Waals surface area contributed by atoms with Gasteiger partial charge in [0.05, 0.1) is 23.9 Å². The Bertz CT molecular complexity index is 1370. The topological polar surface area (TPSA) is 165 Å². The van der Waals surface area contributed by atoms with Crippen LogP contribution in [0.4, 0.5) is 17.3 Å². The second-order valence-corrected chi connectivity index (χ2v) is 8.44. The third-order valence-electron chi connectivity index (χ3n) is 4.62. The third kappa shape index (κ3) is 4.75. The molecule has 4 rings (SSSR count). The number of carbonyl (C=O) groups excluding carboxylic acids is 1. The Morgan fingerprint density at radius 3 is 2.39 bits per heavy atom. The summed E-state index contributed by atoms with van der Waals surface area (Å²) in [7, 11) is -2.29. The van der Waals surface area contributed by atoms with Crippen LogP contribution in [0.15, 0.2) is 72.0 Å². The molecule has 0 atom stereocenters. The molecule has 11 nitrogen and oxygen atoms in total. The van der Waals surface area contributed by atoms with Crippen LogP contribution in [0.3, 0.4) is 0 Å². The number of hydrogen-bond acceptors (Lipinski definition) is 8. The predicted molar refractivity (Wildman–Crippen MR) is 122 cm³/mol. The van der Waals surface area contributed by atoms with Crippen LogP contribution in [0.1, 0.15) is 10.4 Å². The number of H-pyrrole nitrogens is 1. The molecule has 0 bridgehead atoms. The zero-order valence-corrected chi connectivity index (χ0v) is 18.1. The van der Waals surface area contributed by atoms with Crippen molar-refractivity contribution < 1.29 is 17.9 Å². The van der Waals surface area contributed by atoms with Crippen molar-refractivity contribution in [2.45, 2.75) is 4.90 Å². The van der Waals surface area contributed by atoms with Gasteiger partial charge in [-0.25, -0.2) is 13.4 Å². The number of rotatable bonds is 8. The van der Waals surface area contributed by atoms with Gasteiger partial charge in [-0.1, -0.05) is 12.1 Å². The van der Waals surface area contributed by atoms with E-state index in [9.17, 15) is 13.2 Å². The van der Waals surface area contributed by atoms with Crippen molar-refractivity contribution in [2.24, 2.45) is 5.73 Å². The molecule has 2 aromatic heterocycles. The molecule has 0 saturated carbocycles. The van der Waals surface area contributed by atoms with E-state index in [4.69, 9.17) is 10.5 Å². The molecule has 2 aromatic carbocycles. The summed E-state index contributed by atoms with van der Waals surface area (Å²) in [6.45, 7) is 0. The van der Waals surface area contributed by atoms with E-state index in [1.54, 1.807) is 36.4 Å². The van der Waals surface area contributed by atoms with Crippen molar-refractivity contribution in [3.8, 4) is 17.0 Å². The summed E-state index contributed by atoms with van der Waals surface area (Å²) < 4.78 is 32.8. The highest BCUT2D eigenvalue weighted by Crippen LogP contribution is 2.29. The van der Waals surface area contributed by atoms with Gasteiger partial charge in [0.1, 0.15) is 17.1 Å². The van der Waals surface area contributed by atoms with E-state index in [-0.39, 0.29) is 16.3 Å². The van der Waals surface area contributed by atoms with Gasteiger partial charge in [-0.15, -0.1) is 0 Å². The average molecular weight is 465 g/mol. The zero-order chi connectivity index (χ0) is 23.4. The quantitative estimate of drug-likeness (QED) is 0.308. The van der Waals surface area contributed by atoms with Gasteiger partial charge < -0.3 is 15.8 Å². The Hall–Kier alpha value is -4.45. The molecule has 0 aliphatic rings. The normalized spacial score (nSPS) is 11.1. The number of nitrogens with two attached hydrogens (primary N) is 1. The summed E-state index contributed by atoms with van der Waals surface area (Å²) in [4.78, 5) is 20.2. The molecule has 168 valence electrons. The predicted octanol–water partition coefficient (Wildman–Crippen LogP) is 2.52. The monoisotopic (exact) mass is 465 g/mol. The fraction of sp³-hybridized carbons (Fsp3) is 0.0476. The molecular formula is C21H19N7O4S. The number of sulfonamides is 1. The standard InChI is InChI=1S/C21H19N7O4S/c1-32-15-6-8-16(9-7-15)33(30,31)28-14-4-2-13(3-5-14)19-18(20(22)29)21(27-26-19)25-17-12-23-10-11-24-17/h2-12,28H,1H3,(H2,22,29)(H2,24,25,26,27). The maximum absolute atomic E-state index is 12.6. The highest BCUT2D eigenvalue weighted by Gasteiger charge is 2.20. The molecule has 33 heavy (non-hydrogen) atoms. The van der Waals surface area contributed by atoms with Crippen LogP contribution in [-0.4, -0.2) is 41.6 Å². The molecule has 5 N–H and O–H groups in total. The van der Waals surface area contributed by atoms with E-state index in [1.807, 2.05) is 0 Å². The first-order valence-corrected chi connectivity index (χ1v) is 11.0. The molecule has 4 aromatic rings. The number of methoxy groups -OCH3 is 1. The Labute approximate surface area is 189 Å². The number of aromatic amines is 1. The van der Waals surface area contributed by atoms with Crippen molar-refractivity contribution in [3.63, 3.8) is 0 Å². The van der Waals surface area contributed by atoms with Gasteiger partial charge in [-0.2, -0.15) is 5.10 Å². The Morgan fingerprint density at radius 1 is 1.06 bits per heavy atom. The van der Waals surface area contributed by atoms with Crippen LogP contribution < -0.4 is 20.5 Å². The summed E-state index contributed by atoms with van der Waals surface area (Å²) in [6.07, 6.45) is 4.48. The number of benzene rings is 2. The van der Waals surface area contributed by atoms with Crippen molar-refractivity contribution in [1.82, 2.24) is 20.2 Å². The number of amides is 1. The molecule has 0 spiro atoms. The van der Waals surface area contributed by atoms with Crippen molar-refractivity contribution >= 4 is 33.3 Å². The Morgan fingerprint density at radius 2 is 1.79 bits per heavy atom. The van der Waals surface area contributed by atoms with Gasteiger partial charge in [-0.3, -0.25) is 19.6 Å². The first kappa shape index (κ1) is 21.8. The van der Waals surface area contributed by atoms with Crippen LogP contribution in [0, 0.1) is 0 Å². The minimum atomic E-state index is -3.79. The van der Waals surface area contributed by atoms with E-state index in [2.05, 4.69) is 30.2 Å². The summed E-state index contributed by atoms with van der Waals surface area (Å²) in [6, 6.07) is 12.4. The van der Waals surface area contributed by atoms with E-state index in [0.717, 1.165) is 0 Å². The number of ether oxygens (including phenoxy) is 1. The van der Waals surface area contributed by atoms with Crippen LogP contribution in [-0.2, 0) is 10.0 Å². The van der Waals surface area contributed by atoms with Gasteiger partial charge in [0.2, 0.25) is 0 Å². The molecule has 0 fully saturated rings. The number of nitrogens with zero attached hydrogens (tertiary/aromatic N) is 3. The van der Waals surface area contributed by atoms with Gasteiger partial charge in [0, 0.05) is 23.6 Å². The summed E-state index contributed by atoms with van der Waals surface area (Å²) in [5.41, 5.74) is 7.00. The van der Waals surface area contributed by atoms with Gasteiger partial charge in [-0.05, 0) is 36.4 Å². The minimum absolute atomic E-state index is 0.0942. The number of anilines is 3. The highest BCUT2D eigenvalue weighted by atomic mass is 32.2. The van der Waals surface area contributed by atoms with E-state index in [1.165, 1.54) is 37.8 Å². The second kappa shape index (κ2) is 8.96. The molecule has 0 radical (unpaired) electrons. The van der Waals surface area contributed by atoms with Crippen molar-refractivity contribution in [1.29, 1.82) is 0 Å². The summed E-state index contributed by atoms with van der Waals surface area (Å²) in [5.74, 6) is 0.439. The maximum atomic E-state index is 12.6. The van der Waals surface area contributed by atoms with E-state index in [0.29, 0.717) is 28.5 Å². The third-order valence-corrected chi connectivity index (χ3v) is 6.02. The molecule has 12 heteroatoms.